The van der Waals surface area contributed by atoms with Crippen LogP contribution in [0.4, 0.5) is 0 Å². The first-order chi connectivity index (χ1) is 23.4. The van der Waals surface area contributed by atoms with E-state index in [-0.39, 0.29) is 29.7 Å². The van der Waals surface area contributed by atoms with Gasteiger partial charge in [0.2, 0.25) is 0 Å². The Kier molecular flexibility index (Phi) is 4.27. The molecule has 9 aromatic rings. The SMILES string of the molecule is [2H]c1c([2H])c([2H])c(-c2cccc(-c3c4ccccc4c(-c4cccc5oc6c7ccccc7ccc6c45)c4ccccc34)c2)c([2H])c1[2H]. The summed E-state index contributed by atoms with van der Waals surface area (Å²) in [6, 6.07) is 41.9. The summed E-state index contributed by atoms with van der Waals surface area (Å²) in [6.45, 7) is 0. The number of hydrogen-bond donors (Lipinski definition) is 0. The smallest absolute Gasteiger partial charge is 0.143 e. The Hall–Kier alpha value is -5.66. The van der Waals surface area contributed by atoms with Gasteiger partial charge in [-0.15, -0.1) is 0 Å². The maximum absolute atomic E-state index is 8.61. The third kappa shape index (κ3) is 3.65. The Labute approximate surface area is 256 Å². The second-order valence-electron chi connectivity index (χ2n) is 10.9. The van der Waals surface area contributed by atoms with Gasteiger partial charge in [0.05, 0.1) is 6.85 Å². The van der Waals surface area contributed by atoms with Crippen LogP contribution in [0, 0.1) is 0 Å². The fraction of sp³-hybridized carbons (Fsp3) is 0. The van der Waals surface area contributed by atoms with E-state index >= 15 is 0 Å². The van der Waals surface area contributed by atoms with Crippen molar-refractivity contribution < 1.29 is 11.3 Å². The van der Waals surface area contributed by atoms with Crippen LogP contribution in [0.2, 0.25) is 0 Å². The molecular weight excluding hydrogens is 520 g/mol. The molecule has 1 aromatic heterocycles. The van der Waals surface area contributed by atoms with E-state index in [4.69, 9.17) is 11.3 Å². The molecule has 0 aliphatic rings. The van der Waals surface area contributed by atoms with Gasteiger partial charge in [0.15, 0.2) is 0 Å². The molecule has 0 N–H and O–H groups in total. The van der Waals surface area contributed by atoms with Crippen LogP contribution in [0.15, 0.2) is 162 Å². The zero-order valence-electron chi connectivity index (χ0n) is 28.0. The van der Waals surface area contributed by atoms with Crippen LogP contribution in [0.3, 0.4) is 0 Å². The molecule has 8 aromatic carbocycles. The minimum atomic E-state index is -0.397. The van der Waals surface area contributed by atoms with E-state index in [2.05, 4.69) is 72.8 Å². The number of hydrogen-bond acceptors (Lipinski definition) is 1. The van der Waals surface area contributed by atoms with Gasteiger partial charge in [-0.25, -0.2) is 0 Å². The molecule has 200 valence electrons. The molecule has 1 heteroatoms. The van der Waals surface area contributed by atoms with Crippen molar-refractivity contribution in [2.45, 2.75) is 0 Å². The van der Waals surface area contributed by atoms with Gasteiger partial charge in [-0.05, 0) is 78.5 Å². The van der Waals surface area contributed by atoms with E-state index in [1.165, 1.54) is 0 Å². The zero-order chi connectivity index (χ0) is 32.7. The summed E-state index contributed by atoms with van der Waals surface area (Å²) in [4.78, 5) is 0. The molecule has 9 rings (SSSR count). The zero-order valence-corrected chi connectivity index (χ0v) is 23.0. The van der Waals surface area contributed by atoms with Crippen LogP contribution < -0.4 is 0 Å². The fourth-order valence-corrected chi connectivity index (χ4v) is 6.72. The minimum absolute atomic E-state index is 0.194. The van der Waals surface area contributed by atoms with Gasteiger partial charge in [-0.3, -0.25) is 0 Å². The topological polar surface area (TPSA) is 13.1 Å². The van der Waals surface area contributed by atoms with Gasteiger partial charge in [-0.1, -0.05) is 139 Å². The average molecular weight is 552 g/mol. The molecule has 0 atom stereocenters. The first-order valence-electron chi connectivity index (χ1n) is 16.9. The predicted octanol–water partition coefficient (Wildman–Crippen LogP) is 12.0. The van der Waals surface area contributed by atoms with E-state index in [0.29, 0.717) is 5.56 Å². The Morgan fingerprint density at radius 2 is 1.07 bits per heavy atom. The Morgan fingerprint density at radius 3 is 1.81 bits per heavy atom. The van der Waals surface area contributed by atoms with Crippen molar-refractivity contribution in [2.75, 3.05) is 0 Å². The minimum Gasteiger partial charge on any atom is -0.455 e. The van der Waals surface area contributed by atoms with Gasteiger partial charge in [0, 0.05) is 16.2 Å². The summed E-state index contributed by atoms with van der Waals surface area (Å²) in [6.07, 6.45) is 0. The lowest BCUT2D eigenvalue weighted by atomic mass is 9.84. The fourth-order valence-electron chi connectivity index (χ4n) is 6.72. The average Bonchev–Trinajstić information content (AvgIpc) is 3.52. The molecule has 1 heterocycles. The first-order valence-corrected chi connectivity index (χ1v) is 14.4. The van der Waals surface area contributed by atoms with Gasteiger partial charge in [-0.2, -0.15) is 0 Å². The van der Waals surface area contributed by atoms with Gasteiger partial charge < -0.3 is 4.42 Å². The molecule has 0 fully saturated rings. The van der Waals surface area contributed by atoms with Crippen molar-refractivity contribution in [1.82, 2.24) is 0 Å². The monoisotopic (exact) mass is 551 g/mol. The van der Waals surface area contributed by atoms with Crippen molar-refractivity contribution in [3.8, 4) is 33.4 Å². The van der Waals surface area contributed by atoms with Crippen LogP contribution in [0.5, 0.6) is 0 Å². The Morgan fingerprint density at radius 1 is 0.442 bits per heavy atom. The van der Waals surface area contributed by atoms with Gasteiger partial charge in [0.25, 0.3) is 0 Å². The third-order valence-corrected chi connectivity index (χ3v) is 8.53. The maximum atomic E-state index is 8.61. The second kappa shape index (κ2) is 9.44. The van der Waals surface area contributed by atoms with E-state index in [1.807, 2.05) is 54.6 Å². The number of fused-ring (bicyclic) bond motifs is 7. The third-order valence-electron chi connectivity index (χ3n) is 8.53. The highest BCUT2D eigenvalue weighted by atomic mass is 16.3. The van der Waals surface area contributed by atoms with E-state index in [0.717, 1.165) is 76.5 Å². The molecule has 0 spiro atoms. The van der Waals surface area contributed by atoms with Crippen LogP contribution >= 0.6 is 0 Å². The van der Waals surface area contributed by atoms with Gasteiger partial charge >= 0.3 is 0 Å². The molecule has 0 bridgehead atoms. The molecule has 0 amide bonds. The molecule has 0 unspecified atom stereocenters. The summed E-state index contributed by atoms with van der Waals surface area (Å²) < 4.78 is 48.3. The van der Waals surface area contributed by atoms with Crippen molar-refractivity contribution in [1.29, 1.82) is 0 Å². The molecule has 1 nitrogen and oxygen atoms in total. The van der Waals surface area contributed by atoms with Crippen LogP contribution in [0.1, 0.15) is 6.85 Å². The molecule has 0 aliphatic carbocycles. The van der Waals surface area contributed by atoms with Crippen molar-refractivity contribution in [3.63, 3.8) is 0 Å². The number of rotatable bonds is 3. The summed E-state index contributed by atoms with van der Waals surface area (Å²) in [7, 11) is 0. The molecule has 43 heavy (non-hydrogen) atoms. The molecular formula is C42H26O. The summed E-state index contributed by atoms with van der Waals surface area (Å²) in [5.74, 6) is 0. The maximum Gasteiger partial charge on any atom is 0.143 e. The first kappa shape index (κ1) is 19.5. The lowest BCUT2D eigenvalue weighted by Crippen LogP contribution is -1.91. The largest absolute Gasteiger partial charge is 0.455 e. The van der Waals surface area contributed by atoms with Crippen LogP contribution in [-0.2, 0) is 0 Å². The summed E-state index contributed by atoms with van der Waals surface area (Å²) >= 11 is 0. The van der Waals surface area contributed by atoms with Crippen molar-refractivity contribution in [3.05, 3.63) is 158 Å². The van der Waals surface area contributed by atoms with E-state index in [1.54, 1.807) is 0 Å². The van der Waals surface area contributed by atoms with Gasteiger partial charge in [0.1, 0.15) is 11.2 Å². The summed E-state index contributed by atoms with van der Waals surface area (Å²) in [5, 5.41) is 8.65. The molecule has 0 saturated carbocycles. The summed E-state index contributed by atoms with van der Waals surface area (Å²) in [5.41, 5.74) is 6.61. The van der Waals surface area contributed by atoms with Crippen LogP contribution in [-0.4, -0.2) is 0 Å². The number of furan rings is 1. The van der Waals surface area contributed by atoms with Crippen molar-refractivity contribution in [2.24, 2.45) is 0 Å². The highest BCUT2D eigenvalue weighted by Gasteiger charge is 2.20. The second-order valence-corrected chi connectivity index (χ2v) is 10.9. The lowest BCUT2D eigenvalue weighted by Gasteiger charge is -2.18. The standard InChI is InChI=1S/C42H26O/c1-2-12-27(13-3-1)29-15-10-16-30(26-29)39-32-18-6-8-20-34(32)40(35-21-9-7-19-33(35)39)36-22-11-23-38-41(36)37-25-24-28-14-4-5-17-31(28)42(37)43-38/h1-26H/i1D,2D,3D,12D,13D. The lowest BCUT2D eigenvalue weighted by molar-refractivity contribution is 0.673. The highest BCUT2D eigenvalue weighted by molar-refractivity contribution is 6.27. The molecule has 0 aliphatic heterocycles. The van der Waals surface area contributed by atoms with E-state index in [9.17, 15) is 0 Å². The number of benzene rings is 8. The molecule has 0 radical (unpaired) electrons. The normalized spacial score (nSPS) is 13.3. The quantitative estimate of drug-likeness (QED) is 0.199. The van der Waals surface area contributed by atoms with Crippen molar-refractivity contribution >= 4 is 54.3 Å². The van der Waals surface area contributed by atoms with Crippen LogP contribution in [0.25, 0.3) is 87.6 Å². The Balaban J connectivity index is 1.36. The highest BCUT2D eigenvalue weighted by Crippen LogP contribution is 2.47. The molecule has 0 saturated heterocycles. The Bertz CT molecular complexity index is 2710. The predicted molar refractivity (Wildman–Crippen MR) is 183 cm³/mol. The van der Waals surface area contributed by atoms with E-state index < -0.39 is 6.04 Å².